The smallest absolute Gasteiger partial charge is 0.306 e. The van der Waals surface area contributed by atoms with Gasteiger partial charge >= 0.3 is 11.9 Å². The van der Waals surface area contributed by atoms with Crippen LogP contribution in [0.4, 0.5) is 0 Å². The normalized spacial score (nSPS) is 13.5. The number of ether oxygens (including phenoxy) is 4. The monoisotopic (exact) mass is 1270 g/mol. The lowest BCUT2D eigenvalue weighted by Crippen LogP contribution is -2.44. The number of rotatable bonds is 68. The van der Waals surface area contributed by atoms with Gasteiger partial charge in [0.2, 0.25) is 0 Å². The molecule has 0 radical (unpaired) electrons. The molecule has 2 unspecified atom stereocenters. The molecular weight excluding hydrogens is 1130 g/mol. The minimum Gasteiger partial charge on any atom is -0.545 e. The molecule has 0 aromatic carbocycles. The zero-order valence-electron chi connectivity index (χ0n) is 59.4. The van der Waals surface area contributed by atoms with E-state index in [1.165, 1.54) is 167 Å². The first-order valence-electron chi connectivity index (χ1n) is 37.3. The van der Waals surface area contributed by atoms with E-state index < -0.39 is 24.3 Å². The van der Waals surface area contributed by atoms with E-state index in [0.717, 1.165) is 109 Å². The van der Waals surface area contributed by atoms with Gasteiger partial charge in [-0.2, -0.15) is 0 Å². The maximum atomic E-state index is 13.0. The Morgan fingerprint density at radius 1 is 0.330 bits per heavy atom. The van der Waals surface area contributed by atoms with E-state index in [9.17, 15) is 19.5 Å². The van der Waals surface area contributed by atoms with Crippen molar-refractivity contribution in [2.45, 2.75) is 322 Å². The third-order valence-electron chi connectivity index (χ3n) is 15.9. The van der Waals surface area contributed by atoms with Crippen molar-refractivity contribution in [3.63, 3.8) is 0 Å². The number of carboxylic acids is 1. The summed E-state index contributed by atoms with van der Waals surface area (Å²) < 4.78 is 22.8. The van der Waals surface area contributed by atoms with Crippen molar-refractivity contribution in [1.29, 1.82) is 0 Å². The molecule has 91 heavy (non-hydrogen) atoms. The van der Waals surface area contributed by atoms with Crippen molar-refractivity contribution in [2.24, 2.45) is 0 Å². The largest absolute Gasteiger partial charge is 0.545 e. The summed E-state index contributed by atoms with van der Waals surface area (Å²) in [5.41, 5.74) is 0. The first kappa shape index (κ1) is 86.4. The molecule has 0 heterocycles. The van der Waals surface area contributed by atoms with Crippen LogP contribution in [-0.2, 0) is 33.3 Å². The molecule has 0 saturated carbocycles. The Hall–Kier alpha value is -4.57. The quantitative estimate of drug-likeness (QED) is 0.0195. The van der Waals surface area contributed by atoms with Gasteiger partial charge in [-0.1, -0.05) is 321 Å². The van der Waals surface area contributed by atoms with Gasteiger partial charge in [0, 0.05) is 12.8 Å². The number of nitrogens with zero attached hydrogens (tertiary/aromatic N) is 1. The van der Waals surface area contributed by atoms with Gasteiger partial charge in [-0.3, -0.25) is 9.59 Å². The molecule has 0 aliphatic rings. The van der Waals surface area contributed by atoms with Crippen LogP contribution >= 0.6 is 0 Å². The fourth-order valence-corrected chi connectivity index (χ4v) is 10.3. The summed E-state index contributed by atoms with van der Waals surface area (Å²) in [4.78, 5) is 37.6. The molecule has 0 bridgehead atoms. The van der Waals surface area contributed by atoms with Crippen LogP contribution in [0.25, 0.3) is 0 Å². The number of hydrogen-bond acceptors (Lipinski definition) is 8. The van der Waals surface area contributed by atoms with Crippen molar-refractivity contribution in [2.75, 3.05) is 47.5 Å². The van der Waals surface area contributed by atoms with E-state index in [0.29, 0.717) is 17.4 Å². The van der Waals surface area contributed by atoms with E-state index in [-0.39, 0.29) is 38.6 Å². The van der Waals surface area contributed by atoms with Crippen LogP contribution in [0, 0.1) is 0 Å². The van der Waals surface area contributed by atoms with Crippen LogP contribution in [0.2, 0.25) is 0 Å². The summed E-state index contributed by atoms with van der Waals surface area (Å²) in [5, 5.41) is 11.8. The van der Waals surface area contributed by atoms with Crippen LogP contribution < -0.4 is 5.11 Å². The summed E-state index contributed by atoms with van der Waals surface area (Å²) in [5.74, 6) is -2.28. The highest BCUT2D eigenvalue weighted by Crippen LogP contribution is 2.18. The number of allylic oxidation sites excluding steroid dienone is 22. The van der Waals surface area contributed by atoms with Crippen LogP contribution in [0.15, 0.2) is 134 Å². The Kier molecular flexibility index (Phi) is 67.7. The molecule has 9 heteroatoms. The lowest BCUT2D eigenvalue weighted by atomic mass is 10.0. The molecule has 0 amide bonds. The van der Waals surface area contributed by atoms with Crippen molar-refractivity contribution < 1.29 is 42.9 Å². The summed E-state index contributed by atoms with van der Waals surface area (Å²) >= 11 is 0. The summed E-state index contributed by atoms with van der Waals surface area (Å²) in [6, 6.07) is 0. The Balaban J connectivity index is 4.06. The van der Waals surface area contributed by atoms with Crippen LogP contribution in [0.1, 0.15) is 309 Å². The van der Waals surface area contributed by atoms with E-state index in [2.05, 4.69) is 148 Å². The number of carboxylic acid groups (broad SMARTS) is 1. The lowest BCUT2D eigenvalue weighted by molar-refractivity contribution is -0.870. The van der Waals surface area contributed by atoms with E-state index in [1.54, 1.807) is 0 Å². The fourth-order valence-electron chi connectivity index (χ4n) is 10.3. The summed E-state index contributed by atoms with van der Waals surface area (Å²) in [6.45, 7) is 4.54. The molecule has 0 N–H and O–H groups in total. The number of likely N-dealkylation sites (N-methyl/N-ethyl adjacent to an activating group) is 1. The summed E-state index contributed by atoms with van der Waals surface area (Å²) in [7, 11) is 5.93. The third kappa shape index (κ3) is 72.7. The van der Waals surface area contributed by atoms with Gasteiger partial charge in [-0.25, -0.2) is 0 Å². The van der Waals surface area contributed by atoms with Crippen molar-refractivity contribution in [1.82, 2.24) is 0 Å². The molecule has 520 valence electrons. The highest BCUT2D eigenvalue weighted by Gasteiger charge is 2.22. The van der Waals surface area contributed by atoms with Gasteiger partial charge in [-0.05, 0) is 109 Å². The van der Waals surface area contributed by atoms with Crippen molar-refractivity contribution >= 4 is 17.9 Å². The number of carbonyl (C=O) groups excluding carboxylic acids is 3. The average Bonchev–Trinajstić information content (AvgIpc) is 3.46. The first-order valence-corrected chi connectivity index (χ1v) is 37.3. The standard InChI is InChI=1S/C82H139NO8/c1-6-8-10-12-14-16-18-20-22-24-26-28-30-32-34-35-36-37-38-39-40-41-42-43-44-45-47-49-51-53-55-57-59-61-63-65-67-69-71-73-80(85)91-78(77-90-82(81(86)87)88-75-74-83(3,4)5)76-89-79(84)72-70-68-66-64-62-60-58-56-54-52-50-48-46-33-31-29-27-25-23-21-19-17-15-13-11-9-7-2/h8-11,14-17,20-23,26-29,32,34,36-37,39-40,78,82H,6-7,12-13,18-19,24-25,30-31,33,35,38,41-77H2,1-5H3/b10-8-,11-9-,16-14-,17-15-,22-20-,23-21-,28-26-,29-27-,34-32-,37-36-,40-39-. The van der Waals surface area contributed by atoms with E-state index in [1.807, 2.05) is 21.1 Å². The van der Waals surface area contributed by atoms with Crippen LogP contribution in [-0.4, -0.2) is 82.3 Å². The fraction of sp³-hybridized carbons (Fsp3) is 0.695. The minimum atomic E-state index is -1.63. The Bertz CT molecular complexity index is 1960. The second-order valence-corrected chi connectivity index (χ2v) is 25.8. The summed E-state index contributed by atoms with van der Waals surface area (Å²) in [6.07, 6.45) is 99.7. The number of esters is 2. The van der Waals surface area contributed by atoms with Gasteiger partial charge in [0.05, 0.1) is 40.3 Å². The topological polar surface area (TPSA) is 111 Å². The number of quaternary nitrogens is 1. The number of aliphatic carboxylic acids is 1. The van der Waals surface area contributed by atoms with Crippen molar-refractivity contribution in [3.05, 3.63) is 134 Å². The van der Waals surface area contributed by atoms with E-state index >= 15 is 0 Å². The molecule has 2 atom stereocenters. The zero-order chi connectivity index (χ0) is 66.1. The van der Waals surface area contributed by atoms with Gasteiger partial charge < -0.3 is 33.3 Å². The van der Waals surface area contributed by atoms with E-state index in [4.69, 9.17) is 18.9 Å². The second kappa shape index (κ2) is 71.3. The first-order chi connectivity index (χ1) is 44.6. The van der Waals surface area contributed by atoms with Crippen LogP contribution in [0.3, 0.4) is 0 Å². The predicted octanol–water partition coefficient (Wildman–Crippen LogP) is 22.4. The van der Waals surface area contributed by atoms with Crippen LogP contribution in [0.5, 0.6) is 0 Å². The maximum Gasteiger partial charge on any atom is 0.306 e. The molecule has 9 nitrogen and oxygen atoms in total. The molecule has 0 fully saturated rings. The van der Waals surface area contributed by atoms with Gasteiger partial charge in [0.15, 0.2) is 12.4 Å². The maximum absolute atomic E-state index is 13.0. The molecule has 0 aromatic rings. The molecule has 0 saturated heterocycles. The second-order valence-electron chi connectivity index (χ2n) is 25.8. The lowest BCUT2D eigenvalue weighted by Gasteiger charge is -2.26. The van der Waals surface area contributed by atoms with Gasteiger partial charge in [-0.15, -0.1) is 0 Å². The number of carbonyl (C=O) groups is 3. The Morgan fingerprint density at radius 2 is 0.593 bits per heavy atom. The number of unbranched alkanes of at least 4 members (excludes halogenated alkanes) is 31. The molecule has 0 rings (SSSR count). The molecule has 0 spiro atoms. The highest BCUT2D eigenvalue weighted by molar-refractivity contribution is 5.70. The highest BCUT2D eigenvalue weighted by atomic mass is 16.7. The zero-order valence-corrected chi connectivity index (χ0v) is 59.4. The molecular formula is C82H139NO8. The van der Waals surface area contributed by atoms with Crippen molar-refractivity contribution in [3.8, 4) is 0 Å². The molecule has 0 aromatic heterocycles. The Morgan fingerprint density at radius 3 is 0.879 bits per heavy atom. The van der Waals surface area contributed by atoms with Gasteiger partial charge in [0.25, 0.3) is 0 Å². The Labute approximate surface area is 560 Å². The molecule has 0 aliphatic carbocycles. The third-order valence-corrected chi connectivity index (χ3v) is 15.9. The van der Waals surface area contributed by atoms with Gasteiger partial charge in [0.1, 0.15) is 13.2 Å². The SMILES string of the molecule is CC/C=C\C/C=C\C/C=C\C/C=C\C/C=C\C/C=C\C/C=C\CCCCCCCCCCCCCCCCCCCC(=O)OC(COC(=O)CCCCCCCCCCCCCCCC/C=C\C/C=C\C/C=C\C/C=C\CC)COC(OCC[N+](C)(C)C)C(=O)[O-]. The molecule has 0 aliphatic heterocycles. The predicted molar refractivity (Wildman–Crippen MR) is 389 cm³/mol. The average molecular weight is 1270 g/mol. The number of hydrogen-bond donors (Lipinski definition) is 0. The minimum absolute atomic E-state index is 0.144.